The van der Waals surface area contributed by atoms with Crippen molar-refractivity contribution in [2.45, 2.75) is 18.9 Å². The van der Waals surface area contributed by atoms with E-state index in [1.165, 1.54) is 4.88 Å². The van der Waals surface area contributed by atoms with Gasteiger partial charge in [0.15, 0.2) is 0 Å². The fourth-order valence-electron chi connectivity index (χ4n) is 2.32. The molecule has 0 saturated carbocycles. The third kappa shape index (κ3) is 3.83. The Morgan fingerprint density at radius 1 is 1.29 bits per heavy atom. The van der Waals surface area contributed by atoms with Gasteiger partial charge in [-0.3, -0.25) is 4.90 Å². The molecular weight excluding hydrogens is 282 g/mol. The zero-order chi connectivity index (χ0) is 15.2. The molecule has 1 aromatic heterocycles. The van der Waals surface area contributed by atoms with E-state index in [2.05, 4.69) is 41.5 Å². The summed E-state index contributed by atoms with van der Waals surface area (Å²) in [7, 11) is 2.06. The Bertz CT molecular complexity index is 568. The maximum absolute atomic E-state index is 9.05. The van der Waals surface area contributed by atoms with Crippen molar-refractivity contribution in [1.82, 2.24) is 4.90 Å². The van der Waals surface area contributed by atoms with E-state index in [1.54, 1.807) is 11.3 Å². The van der Waals surface area contributed by atoms with E-state index in [4.69, 9.17) is 10.9 Å². The van der Waals surface area contributed by atoms with E-state index >= 15 is 0 Å². The van der Waals surface area contributed by atoms with Gasteiger partial charge in [-0.1, -0.05) is 41.6 Å². The third-order valence-corrected chi connectivity index (χ3v) is 4.80. The number of benzene rings is 1. The van der Waals surface area contributed by atoms with Gasteiger partial charge in [0.25, 0.3) is 0 Å². The first-order chi connectivity index (χ1) is 10.1. The highest BCUT2D eigenvalue weighted by Gasteiger charge is 2.22. The van der Waals surface area contributed by atoms with Crippen molar-refractivity contribution in [1.29, 1.82) is 0 Å². The molecule has 2 aromatic rings. The zero-order valence-corrected chi connectivity index (χ0v) is 13.1. The van der Waals surface area contributed by atoms with Gasteiger partial charge in [-0.15, -0.1) is 11.3 Å². The minimum absolute atomic E-state index is 0.122. The summed E-state index contributed by atoms with van der Waals surface area (Å²) in [4.78, 5) is 3.53. The monoisotopic (exact) mass is 303 g/mol. The summed E-state index contributed by atoms with van der Waals surface area (Å²) in [6, 6.07) is 14.4. The second-order valence-corrected chi connectivity index (χ2v) is 6.10. The molecule has 0 aliphatic rings. The number of nitrogens with zero attached hydrogens (tertiary/aromatic N) is 2. The van der Waals surface area contributed by atoms with Crippen molar-refractivity contribution < 1.29 is 5.21 Å². The summed E-state index contributed by atoms with van der Waals surface area (Å²) >= 11 is 1.74. The van der Waals surface area contributed by atoms with Crippen LogP contribution in [0.4, 0.5) is 0 Å². The van der Waals surface area contributed by atoms with Gasteiger partial charge in [-0.2, -0.15) is 0 Å². The summed E-state index contributed by atoms with van der Waals surface area (Å²) in [5, 5.41) is 14.3. The maximum atomic E-state index is 9.05. The van der Waals surface area contributed by atoms with Gasteiger partial charge in [-0.25, -0.2) is 0 Å². The van der Waals surface area contributed by atoms with Crippen molar-refractivity contribution in [2.24, 2.45) is 10.9 Å². The summed E-state index contributed by atoms with van der Waals surface area (Å²) in [5.41, 5.74) is 6.95. The molecule has 2 rings (SSSR count). The number of thiophene rings is 1. The molecule has 0 amide bonds. The highest BCUT2D eigenvalue weighted by atomic mass is 32.1. The Kier molecular flexibility index (Phi) is 5.36. The van der Waals surface area contributed by atoms with Crippen LogP contribution in [0.15, 0.2) is 53.0 Å². The van der Waals surface area contributed by atoms with Gasteiger partial charge in [-0.05, 0) is 31.0 Å². The predicted octanol–water partition coefficient (Wildman–Crippen LogP) is 3.27. The highest BCUT2D eigenvalue weighted by molar-refractivity contribution is 7.10. The summed E-state index contributed by atoms with van der Waals surface area (Å²) in [5.74, 6) is 0.120. The number of hydrogen-bond acceptors (Lipinski definition) is 4. The van der Waals surface area contributed by atoms with Crippen LogP contribution < -0.4 is 5.73 Å². The number of likely N-dealkylation sites (N-methyl/N-ethyl adjacent to an activating group) is 1. The number of oxime groups is 1. The number of rotatable bonds is 6. The second kappa shape index (κ2) is 7.24. The van der Waals surface area contributed by atoms with Crippen LogP contribution in [0.1, 0.15) is 29.3 Å². The van der Waals surface area contributed by atoms with Crippen molar-refractivity contribution >= 4 is 17.2 Å². The minimum atomic E-state index is -0.122. The molecule has 1 heterocycles. The van der Waals surface area contributed by atoms with Crippen LogP contribution >= 0.6 is 11.3 Å². The van der Waals surface area contributed by atoms with E-state index in [1.807, 2.05) is 30.3 Å². The highest BCUT2D eigenvalue weighted by Crippen LogP contribution is 2.26. The van der Waals surface area contributed by atoms with E-state index < -0.39 is 0 Å². The van der Waals surface area contributed by atoms with Crippen molar-refractivity contribution in [3.8, 4) is 0 Å². The average molecular weight is 303 g/mol. The Morgan fingerprint density at radius 3 is 2.57 bits per heavy atom. The van der Waals surface area contributed by atoms with E-state index in [9.17, 15) is 0 Å². The zero-order valence-electron chi connectivity index (χ0n) is 12.3. The van der Waals surface area contributed by atoms with Crippen LogP contribution in [0.5, 0.6) is 0 Å². The molecule has 0 spiro atoms. The lowest BCUT2D eigenvalue weighted by molar-refractivity contribution is 0.258. The molecule has 0 bridgehead atoms. The summed E-state index contributed by atoms with van der Waals surface area (Å²) in [6.45, 7) is 2.86. The fraction of sp³-hybridized carbons (Fsp3) is 0.312. The normalized spacial score (nSPS) is 15.1. The topological polar surface area (TPSA) is 61.8 Å². The molecule has 3 N–H and O–H groups in total. The first-order valence-corrected chi connectivity index (χ1v) is 7.77. The van der Waals surface area contributed by atoms with Crippen LogP contribution in [-0.2, 0) is 0 Å². The molecule has 112 valence electrons. The molecule has 0 fully saturated rings. The van der Waals surface area contributed by atoms with Gasteiger partial charge in [0.2, 0.25) is 0 Å². The number of hydrogen-bond donors (Lipinski definition) is 2. The lowest BCUT2D eigenvalue weighted by atomic mass is 9.97. The molecule has 5 heteroatoms. The van der Waals surface area contributed by atoms with Crippen LogP contribution in [0.3, 0.4) is 0 Å². The average Bonchev–Trinajstić information content (AvgIpc) is 3.06. The van der Waals surface area contributed by atoms with E-state index in [-0.39, 0.29) is 11.8 Å². The molecule has 0 radical (unpaired) electrons. The lowest BCUT2D eigenvalue weighted by Gasteiger charge is -2.28. The van der Waals surface area contributed by atoms with Crippen molar-refractivity contribution in [2.75, 3.05) is 13.6 Å². The van der Waals surface area contributed by atoms with Gasteiger partial charge in [0.1, 0.15) is 5.84 Å². The predicted molar refractivity (Wildman–Crippen MR) is 88.0 cm³/mol. The van der Waals surface area contributed by atoms with Gasteiger partial charge in [0, 0.05) is 17.5 Å². The number of amidine groups is 1. The largest absolute Gasteiger partial charge is 0.409 e. The Hall–Kier alpha value is -1.85. The SMILES string of the molecule is CC(c1cccs1)N(C)CC(C(N)=NO)c1ccccc1. The fourth-order valence-corrected chi connectivity index (χ4v) is 3.17. The summed E-state index contributed by atoms with van der Waals surface area (Å²) in [6.07, 6.45) is 0. The molecule has 0 saturated heterocycles. The Labute approximate surface area is 129 Å². The van der Waals surface area contributed by atoms with Crippen LogP contribution in [0.2, 0.25) is 0 Å². The molecule has 0 aliphatic heterocycles. The second-order valence-electron chi connectivity index (χ2n) is 5.12. The molecule has 4 nitrogen and oxygen atoms in total. The molecule has 21 heavy (non-hydrogen) atoms. The van der Waals surface area contributed by atoms with E-state index in [0.717, 1.165) is 5.56 Å². The maximum Gasteiger partial charge on any atom is 0.147 e. The molecular formula is C16H21N3OS. The first kappa shape index (κ1) is 15.5. The van der Waals surface area contributed by atoms with Gasteiger partial charge < -0.3 is 10.9 Å². The van der Waals surface area contributed by atoms with Gasteiger partial charge in [0.05, 0.1) is 5.92 Å². The van der Waals surface area contributed by atoms with Crippen LogP contribution in [0.25, 0.3) is 0 Å². The molecule has 2 unspecified atom stereocenters. The van der Waals surface area contributed by atoms with E-state index in [0.29, 0.717) is 12.6 Å². The number of nitrogens with two attached hydrogens (primary N) is 1. The van der Waals surface area contributed by atoms with Gasteiger partial charge >= 0.3 is 0 Å². The third-order valence-electron chi connectivity index (χ3n) is 3.76. The quantitative estimate of drug-likeness (QED) is 0.372. The first-order valence-electron chi connectivity index (χ1n) is 6.89. The minimum Gasteiger partial charge on any atom is -0.409 e. The Morgan fingerprint density at radius 2 is 2.00 bits per heavy atom. The van der Waals surface area contributed by atoms with Crippen LogP contribution in [0, 0.1) is 0 Å². The van der Waals surface area contributed by atoms with Crippen molar-refractivity contribution in [3.63, 3.8) is 0 Å². The molecule has 0 aliphatic carbocycles. The summed E-state index contributed by atoms with van der Waals surface area (Å²) < 4.78 is 0. The lowest BCUT2D eigenvalue weighted by Crippen LogP contribution is -2.34. The Balaban J connectivity index is 2.16. The van der Waals surface area contributed by atoms with Crippen LogP contribution in [-0.4, -0.2) is 29.5 Å². The molecule has 1 aromatic carbocycles. The molecule has 2 atom stereocenters. The smallest absolute Gasteiger partial charge is 0.147 e. The van der Waals surface area contributed by atoms with Crippen molar-refractivity contribution in [3.05, 3.63) is 58.3 Å². The standard InChI is InChI=1S/C16H21N3OS/c1-12(15-9-6-10-21-15)19(2)11-14(16(17)18-20)13-7-4-3-5-8-13/h3-10,12,14,20H,11H2,1-2H3,(H2,17,18).